The fraction of sp³-hybridized carbons (Fsp3) is 0. The molecule has 11 aromatic carbocycles. The van der Waals surface area contributed by atoms with Crippen LogP contribution in [-0.2, 0) is 0 Å². The van der Waals surface area contributed by atoms with Crippen LogP contribution in [0.1, 0.15) is 0 Å². The summed E-state index contributed by atoms with van der Waals surface area (Å²) in [7, 11) is 0. The fourth-order valence-electron chi connectivity index (χ4n) is 9.32. The second kappa shape index (κ2) is 11.6. The van der Waals surface area contributed by atoms with Crippen LogP contribution in [0.25, 0.3) is 120 Å². The zero-order valence-electron chi connectivity index (χ0n) is 29.9. The van der Waals surface area contributed by atoms with Crippen LogP contribution in [0.15, 0.2) is 199 Å². The SMILES string of the molecule is c1ccc2cc(-c3c4ccccc4c(-c4ccc(-c5ccc6c(c5)c5ccccc5c5c6oc6ccc7ccccc7c65)cc4)c4ccccc34)ccc2c1. The average Bonchev–Trinajstić information content (AvgIpc) is 3.66. The molecule has 0 unspecified atom stereocenters. The first-order valence-electron chi connectivity index (χ1n) is 19.0. The van der Waals surface area contributed by atoms with Crippen molar-refractivity contribution in [2.24, 2.45) is 0 Å². The van der Waals surface area contributed by atoms with Gasteiger partial charge in [-0.3, -0.25) is 0 Å². The Morgan fingerprint density at radius 2 is 0.764 bits per heavy atom. The molecule has 1 aromatic heterocycles. The lowest BCUT2D eigenvalue weighted by atomic mass is 9.85. The van der Waals surface area contributed by atoms with Crippen molar-refractivity contribution in [2.45, 2.75) is 0 Å². The van der Waals surface area contributed by atoms with E-state index in [1.165, 1.54) is 103 Å². The summed E-state index contributed by atoms with van der Waals surface area (Å²) in [6, 6.07) is 71.0. The van der Waals surface area contributed by atoms with Crippen LogP contribution < -0.4 is 0 Å². The Labute approximate surface area is 317 Å². The minimum Gasteiger partial charge on any atom is -0.455 e. The Morgan fingerprint density at radius 1 is 0.255 bits per heavy atom. The normalized spacial score (nSPS) is 12.0. The lowest BCUT2D eigenvalue weighted by Gasteiger charge is -2.18. The molecular weight excluding hydrogens is 665 g/mol. The lowest BCUT2D eigenvalue weighted by Crippen LogP contribution is -1.91. The van der Waals surface area contributed by atoms with Gasteiger partial charge in [0, 0.05) is 16.2 Å². The predicted octanol–water partition coefficient (Wildman–Crippen LogP) is 15.5. The number of hydrogen-bond donors (Lipinski definition) is 0. The van der Waals surface area contributed by atoms with Gasteiger partial charge in [-0.05, 0) is 117 Å². The summed E-state index contributed by atoms with van der Waals surface area (Å²) >= 11 is 0. The molecule has 0 radical (unpaired) electrons. The van der Waals surface area contributed by atoms with Gasteiger partial charge in [-0.2, -0.15) is 0 Å². The Balaban J connectivity index is 1.03. The number of benzene rings is 11. The summed E-state index contributed by atoms with van der Waals surface area (Å²) in [4.78, 5) is 0. The topological polar surface area (TPSA) is 13.1 Å². The molecule has 0 amide bonds. The van der Waals surface area contributed by atoms with Gasteiger partial charge in [-0.1, -0.05) is 170 Å². The van der Waals surface area contributed by atoms with E-state index in [0.717, 1.165) is 16.6 Å². The second-order valence-corrected chi connectivity index (χ2v) is 14.8. The molecule has 1 heteroatoms. The zero-order chi connectivity index (χ0) is 36.0. The van der Waals surface area contributed by atoms with Gasteiger partial charge < -0.3 is 4.42 Å². The van der Waals surface area contributed by atoms with Crippen LogP contribution in [0.2, 0.25) is 0 Å². The molecule has 12 aromatic rings. The number of fused-ring (bicyclic) bond motifs is 13. The molecule has 0 N–H and O–H groups in total. The third-order valence-corrected chi connectivity index (χ3v) is 11.8. The first-order chi connectivity index (χ1) is 27.3. The largest absolute Gasteiger partial charge is 0.455 e. The van der Waals surface area contributed by atoms with Crippen molar-refractivity contribution in [1.29, 1.82) is 0 Å². The van der Waals surface area contributed by atoms with Crippen molar-refractivity contribution in [2.75, 3.05) is 0 Å². The Morgan fingerprint density at radius 3 is 1.47 bits per heavy atom. The summed E-state index contributed by atoms with van der Waals surface area (Å²) in [6.07, 6.45) is 0. The maximum absolute atomic E-state index is 6.72. The second-order valence-electron chi connectivity index (χ2n) is 14.8. The van der Waals surface area contributed by atoms with E-state index in [0.29, 0.717) is 0 Å². The van der Waals surface area contributed by atoms with Gasteiger partial charge in [0.25, 0.3) is 0 Å². The maximum atomic E-state index is 6.72. The number of rotatable bonds is 3. The van der Waals surface area contributed by atoms with Crippen molar-refractivity contribution in [1.82, 2.24) is 0 Å². The molecular formula is C54H32O. The van der Waals surface area contributed by atoms with E-state index in [2.05, 4.69) is 194 Å². The van der Waals surface area contributed by atoms with Crippen molar-refractivity contribution in [3.63, 3.8) is 0 Å². The highest BCUT2D eigenvalue weighted by atomic mass is 16.3. The molecule has 0 fully saturated rings. The van der Waals surface area contributed by atoms with E-state index < -0.39 is 0 Å². The van der Waals surface area contributed by atoms with E-state index in [-0.39, 0.29) is 0 Å². The van der Waals surface area contributed by atoms with E-state index in [4.69, 9.17) is 4.42 Å². The van der Waals surface area contributed by atoms with Gasteiger partial charge in [0.05, 0.1) is 0 Å². The van der Waals surface area contributed by atoms with Crippen LogP contribution in [-0.4, -0.2) is 0 Å². The quantitative estimate of drug-likeness (QED) is 0.132. The molecule has 0 saturated heterocycles. The van der Waals surface area contributed by atoms with Crippen LogP contribution in [0.5, 0.6) is 0 Å². The molecule has 0 aliphatic rings. The van der Waals surface area contributed by atoms with Gasteiger partial charge in [0.1, 0.15) is 11.2 Å². The minimum absolute atomic E-state index is 0.927. The van der Waals surface area contributed by atoms with Gasteiger partial charge in [0.2, 0.25) is 0 Å². The molecule has 12 rings (SSSR count). The molecule has 0 aliphatic heterocycles. The number of hydrogen-bond acceptors (Lipinski definition) is 1. The third-order valence-electron chi connectivity index (χ3n) is 11.8. The van der Waals surface area contributed by atoms with Gasteiger partial charge in [0.15, 0.2) is 0 Å². The smallest absolute Gasteiger partial charge is 0.143 e. The molecule has 0 atom stereocenters. The van der Waals surface area contributed by atoms with Crippen molar-refractivity contribution < 1.29 is 4.42 Å². The summed E-state index contributed by atoms with van der Waals surface area (Å²) in [5, 5.41) is 17.2. The molecule has 1 heterocycles. The van der Waals surface area contributed by atoms with Crippen LogP contribution in [0, 0.1) is 0 Å². The summed E-state index contributed by atoms with van der Waals surface area (Å²) in [5.74, 6) is 0. The molecule has 0 saturated carbocycles. The highest BCUT2D eigenvalue weighted by Crippen LogP contribution is 2.46. The standard InChI is InChI=1S/C54H32O/c1-2-13-37-31-39(26-23-33(37)11-1)51-45-19-9-7-17-43(45)50(44-18-8-10-20-46(44)51)36-24-21-34(22-25-36)38-27-29-47-48(32-38)41-15-5-6-16-42(41)53-52-40-14-4-3-12-35(40)28-30-49(52)55-54(47)53/h1-32H. The van der Waals surface area contributed by atoms with Gasteiger partial charge in [-0.25, -0.2) is 0 Å². The van der Waals surface area contributed by atoms with Crippen molar-refractivity contribution in [3.05, 3.63) is 194 Å². The van der Waals surface area contributed by atoms with Crippen molar-refractivity contribution >= 4 is 86.6 Å². The minimum atomic E-state index is 0.927. The van der Waals surface area contributed by atoms with Gasteiger partial charge in [-0.15, -0.1) is 0 Å². The molecule has 1 nitrogen and oxygen atoms in total. The highest BCUT2D eigenvalue weighted by molar-refractivity contribution is 6.34. The highest BCUT2D eigenvalue weighted by Gasteiger charge is 2.19. The monoisotopic (exact) mass is 696 g/mol. The van der Waals surface area contributed by atoms with E-state index in [1.54, 1.807) is 0 Å². The van der Waals surface area contributed by atoms with Gasteiger partial charge >= 0.3 is 0 Å². The van der Waals surface area contributed by atoms with Crippen molar-refractivity contribution in [3.8, 4) is 33.4 Å². The molecule has 0 aliphatic carbocycles. The number of furan rings is 1. The summed E-state index contributed by atoms with van der Waals surface area (Å²) in [6.45, 7) is 0. The first kappa shape index (κ1) is 30.3. The lowest BCUT2D eigenvalue weighted by molar-refractivity contribution is 0.673. The first-order valence-corrected chi connectivity index (χ1v) is 19.0. The zero-order valence-corrected chi connectivity index (χ0v) is 29.9. The summed E-state index contributed by atoms with van der Waals surface area (Å²) < 4.78 is 6.72. The summed E-state index contributed by atoms with van der Waals surface area (Å²) in [5.41, 5.74) is 9.26. The average molecular weight is 697 g/mol. The molecule has 0 spiro atoms. The molecule has 254 valence electrons. The Bertz CT molecular complexity index is 3470. The maximum Gasteiger partial charge on any atom is 0.143 e. The van der Waals surface area contributed by atoms with E-state index >= 15 is 0 Å². The van der Waals surface area contributed by atoms with Crippen LogP contribution >= 0.6 is 0 Å². The van der Waals surface area contributed by atoms with E-state index in [9.17, 15) is 0 Å². The Kier molecular flexibility index (Phi) is 6.40. The van der Waals surface area contributed by atoms with Crippen LogP contribution in [0.3, 0.4) is 0 Å². The Hall–Kier alpha value is -7.22. The third kappa shape index (κ3) is 4.48. The molecule has 0 bridgehead atoms. The molecule has 55 heavy (non-hydrogen) atoms. The van der Waals surface area contributed by atoms with E-state index in [1.807, 2.05) is 0 Å². The fourth-order valence-corrected chi connectivity index (χ4v) is 9.32. The van der Waals surface area contributed by atoms with Crippen LogP contribution in [0.4, 0.5) is 0 Å². The predicted molar refractivity (Wildman–Crippen MR) is 235 cm³/mol.